The fourth-order valence-corrected chi connectivity index (χ4v) is 3.44. The van der Waals surface area contributed by atoms with Crippen LogP contribution in [0.4, 0.5) is 5.95 Å². The lowest BCUT2D eigenvalue weighted by atomic mass is 10.2. The van der Waals surface area contributed by atoms with Crippen molar-refractivity contribution in [3.05, 3.63) is 42.2 Å². The zero-order valence-electron chi connectivity index (χ0n) is 15.4. The molecular formula is C19H24N5O3+. The summed E-state index contributed by atoms with van der Waals surface area (Å²) in [6.07, 6.45) is 3.49. The number of carbonyl (C=O) groups is 1. The Bertz CT molecular complexity index is 793. The van der Waals surface area contributed by atoms with Gasteiger partial charge < -0.3 is 24.2 Å². The molecule has 1 saturated heterocycles. The van der Waals surface area contributed by atoms with Crippen molar-refractivity contribution < 1.29 is 19.2 Å². The number of anilines is 1. The van der Waals surface area contributed by atoms with Gasteiger partial charge in [-0.25, -0.2) is 9.97 Å². The van der Waals surface area contributed by atoms with Crippen molar-refractivity contribution in [3.8, 4) is 11.5 Å². The number of ether oxygens (including phenoxy) is 2. The molecule has 8 nitrogen and oxygen atoms in total. The van der Waals surface area contributed by atoms with E-state index in [9.17, 15) is 4.79 Å². The summed E-state index contributed by atoms with van der Waals surface area (Å²) in [6, 6.07) is 7.76. The topological polar surface area (TPSA) is 72.2 Å². The number of aromatic nitrogens is 2. The number of hydrogen-bond donors (Lipinski definition) is 1. The lowest BCUT2D eigenvalue weighted by Crippen LogP contribution is -3.09. The number of benzene rings is 1. The summed E-state index contributed by atoms with van der Waals surface area (Å²) in [6.45, 7) is 4.44. The maximum absolute atomic E-state index is 12.6. The largest absolute Gasteiger partial charge is 0.454 e. The van der Waals surface area contributed by atoms with Gasteiger partial charge in [0, 0.05) is 44.1 Å². The second-order valence-corrected chi connectivity index (χ2v) is 6.91. The van der Waals surface area contributed by atoms with Crippen LogP contribution in [0.15, 0.2) is 36.7 Å². The van der Waals surface area contributed by atoms with Crippen molar-refractivity contribution >= 4 is 11.9 Å². The van der Waals surface area contributed by atoms with Gasteiger partial charge in [0.25, 0.3) is 5.91 Å². The highest BCUT2D eigenvalue weighted by Crippen LogP contribution is 2.32. The molecular weight excluding hydrogens is 346 g/mol. The van der Waals surface area contributed by atoms with E-state index >= 15 is 0 Å². The summed E-state index contributed by atoms with van der Waals surface area (Å²) in [5, 5.41) is 0. The number of likely N-dealkylation sites (N-methyl/N-ethyl adjacent to an activating group) is 1. The molecule has 0 spiro atoms. The third kappa shape index (κ3) is 4.11. The highest BCUT2D eigenvalue weighted by atomic mass is 16.7. The van der Waals surface area contributed by atoms with Crippen molar-refractivity contribution in [3.63, 3.8) is 0 Å². The molecule has 2 aliphatic rings. The van der Waals surface area contributed by atoms with Gasteiger partial charge in [-0.05, 0) is 24.3 Å². The van der Waals surface area contributed by atoms with Gasteiger partial charge in [-0.15, -0.1) is 0 Å². The first-order valence-electron chi connectivity index (χ1n) is 9.18. The molecule has 0 saturated carbocycles. The lowest BCUT2D eigenvalue weighted by molar-refractivity contribution is -0.885. The van der Waals surface area contributed by atoms with E-state index in [0.29, 0.717) is 19.6 Å². The Morgan fingerprint density at radius 3 is 2.63 bits per heavy atom. The van der Waals surface area contributed by atoms with Gasteiger partial charge in [0.05, 0.1) is 7.05 Å². The molecule has 0 bridgehead atoms. The van der Waals surface area contributed by atoms with Crippen molar-refractivity contribution in [1.29, 1.82) is 0 Å². The van der Waals surface area contributed by atoms with Gasteiger partial charge in [-0.3, -0.25) is 4.79 Å². The van der Waals surface area contributed by atoms with Gasteiger partial charge in [0.2, 0.25) is 12.7 Å². The number of amides is 1. The number of rotatable bonds is 5. The monoisotopic (exact) mass is 370 g/mol. The van der Waals surface area contributed by atoms with Crippen LogP contribution in [-0.2, 0) is 11.3 Å². The molecule has 8 heteroatoms. The normalized spacial score (nSPS) is 17.1. The molecule has 0 aliphatic carbocycles. The first-order valence-corrected chi connectivity index (χ1v) is 9.18. The van der Waals surface area contributed by atoms with Crippen molar-refractivity contribution in [2.24, 2.45) is 0 Å². The molecule has 142 valence electrons. The summed E-state index contributed by atoms with van der Waals surface area (Å²) in [4.78, 5) is 26.4. The molecule has 1 amide bonds. The summed E-state index contributed by atoms with van der Waals surface area (Å²) < 4.78 is 10.8. The molecule has 1 aromatic heterocycles. The molecule has 1 atom stereocenters. The van der Waals surface area contributed by atoms with Gasteiger partial charge in [-0.2, -0.15) is 0 Å². The van der Waals surface area contributed by atoms with Crippen LogP contribution >= 0.6 is 0 Å². The van der Waals surface area contributed by atoms with Crippen LogP contribution in [-0.4, -0.2) is 67.3 Å². The highest BCUT2D eigenvalue weighted by Gasteiger charge is 2.24. The average Bonchev–Trinajstić information content (AvgIpc) is 3.16. The SMILES string of the molecule is C[NH+](CC(=O)N1CCN(c2ncccn2)CC1)Cc1ccc2c(c1)OCO2. The Labute approximate surface area is 158 Å². The van der Waals surface area contributed by atoms with Crippen LogP contribution < -0.4 is 19.3 Å². The van der Waals surface area contributed by atoms with Crippen molar-refractivity contribution in [2.75, 3.05) is 51.5 Å². The Morgan fingerprint density at radius 1 is 1.11 bits per heavy atom. The van der Waals surface area contributed by atoms with Crippen LogP contribution in [0.25, 0.3) is 0 Å². The van der Waals surface area contributed by atoms with E-state index in [1.807, 2.05) is 36.2 Å². The molecule has 2 aliphatic heterocycles. The second kappa shape index (κ2) is 7.79. The minimum atomic E-state index is 0.182. The molecule has 2 aromatic rings. The number of fused-ring (bicyclic) bond motifs is 1. The second-order valence-electron chi connectivity index (χ2n) is 6.91. The smallest absolute Gasteiger partial charge is 0.277 e. The van der Waals surface area contributed by atoms with Crippen molar-refractivity contribution in [1.82, 2.24) is 14.9 Å². The van der Waals surface area contributed by atoms with Gasteiger partial charge in [0.15, 0.2) is 18.0 Å². The third-order valence-electron chi connectivity index (χ3n) is 4.86. The summed E-state index contributed by atoms with van der Waals surface area (Å²) in [7, 11) is 2.04. The Kier molecular flexibility index (Phi) is 5.06. The van der Waals surface area contributed by atoms with E-state index < -0.39 is 0 Å². The van der Waals surface area contributed by atoms with Gasteiger partial charge in [0.1, 0.15) is 6.54 Å². The average molecular weight is 370 g/mol. The molecule has 0 radical (unpaired) electrons. The van der Waals surface area contributed by atoms with Crippen molar-refractivity contribution in [2.45, 2.75) is 6.54 Å². The Hall–Kier alpha value is -2.87. The third-order valence-corrected chi connectivity index (χ3v) is 4.86. The quantitative estimate of drug-likeness (QED) is 0.770. The predicted octanol–water partition coefficient (Wildman–Crippen LogP) is -0.431. The van der Waals surface area contributed by atoms with Gasteiger partial charge >= 0.3 is 0 Å². The number of carbonyl (C=O) groups excluding carboxylic acids is 1. The van der Waals surface area contributed by atoms with Gasteiger partial charge in [-0.1, -0.05) is 0 Å². The fourth-order valence-electron chi connectivity index (χ4n) is 3.44. The predicted molar refractivity (Wildman–Crippen MR) is 98.8 cm³/mol. The van der Waals surface area contributed by atoms with Crippen LogP contribution in [0, 0.1) is 0 Å². The molecule has 4 rings (SSSR count). The molecule has 1 unspecified atom stereocenters. The lowest BCUT2D eigenvalue weighted by Gasteiger charge is -2.34. The first kappa shape index (κ1) is 17.5. The van der Waals surface area contributed by atoms with Crippen LogP contribution in [0.1, 0.15) is 5.56 Å². The highest BCUT2D eigenvalue weighted by molar-refractivity contribution is 5.77. The maximum atomic E-state index is 12.6. The maximum Gasteiger partial charge on any atom is 0.277 e. The van der Waals surface area contributed by atoms with Crippen LogP contribution in [0.2, 0.25) is 0 Å². The van der Waals surface area contributed by atoms with E-state index in [4.69, 9.17) is 9.47 Å². The standard InChI is InChI=1S/C19H23N5O3/c1-22(12-15-3-4-16-17(11-15)27-14-26-16)13-18(25)23-7-9-24(10-8-23)19-20-5-2-6-21-19/h2-6,11H,7-10,12-14H2,1H3/p+1. The Balaban J connectivity index is 1.27. The number of quaternary nitrogens is 1. The molecule has 27 heavy (non-hydrogen) atoms. The van der Waals surface area contributed by atoms with E-state index in [2.05, 4.69) is 14.9 Å². The Morgan fingerprint density at radius 2 is 1.85 bits per heavy atom. The molecule has 3 heterocycles. The zero-order chi connectivity index (χ0) is 18.6. The first-order chi connectivity index (χ1) is 13.2. The fraction of sp³-hybridized carbons (Fsp3) is 0.421. The van der Waals surface area contributed by atoms with E-state index in [-0.39, 0.29) is 12.7 Å². The molecule has 1 N–H and O–H groups in total. The van der Waals surface area contributed by atoms with E-state index in [1.54, 1.807) is 12.4 Å². The zero-order valence-corrected chi connectivity index (χ0v) is 15.4. The number of nitrogens with one attached hydrogen (secondary N) is 1. The molecule has 1 fully saturated rings. The summed E-state index contributed by atoms with van der Waals surface area (Å²) >= 11 is 0. The van der Waals surface area contributed by atoms with E-state index in [1.165, 1.54) is 0 Å². The number of hydrogen-bond acceptors (Lipinski definition) is 6. The molecule has 1 aromatic carbocycles. The number of piperazine rings is 1. The summed E-state index contributed by atoms with van der Waals surface area (Å²) in [5.41, 5.74) is 1.13. The van der Waals surface area contributed by atoms with Crippen LogP contribution in [0.5, 0.6) is 11.5 Å². The summed E-state index contributed by atoms with van der Waals surface area (Å²) in [5.74, 6) is 2.48. The number of nitrogens with zero attached hydrogens (tertiary/aromatic N) is 4. The van der Waals surface area contributed by atoms with Crippen LogP contribution in [0.3, 0.4) is 0 Å². The minimum absolute atomic E-state index is 0.182. The van der Waals surface area contributed by atoms with E-state index in [0.717, 1.165) is 47.5 Å². The minimum Gasteiger partial charge on any atom is -0.454 e.